The molecule has 0 radical (unpaired) electrons. The van der Waals surface area contributed by atoms with E-state index in [0.29, 0.717) is 12.1 Å². The SMILES string of the molecule is CCN(CC)CCCC(C)NC1=NC(CC(C)C)CS1. The summed E-state index contributed by atoms with van der Waals surface area (Å²) in [5.41, 5.74) is 0. The van der Waals surface area contributed by atoms with Crippen LogP contribution < -0.4 is 5.32 Å². The molecule has 0 saturated heterocycles. The number of nitrogens with zero attached hydrogens (tertiary/aromatic N) is 2. The maximum atomic E-state index is 4.80. The molecule has 1 aliphatic rings. The van der Waals surface area contributed by atoms with Crippen LogP contribution in [0, 0.1) is 5.92 Å². The molecule has 0 fully saturated rings. The van der Waals surface area contributed by atoms with Gasteiger partial charge < -0.3 is 10.2 Å². The molecule has 2 unspecified atom stereocenters. The Morgan fingerprint density at radius 1 is 1.30 bits per heavy atom. The first-order valence-corrected chi connectivity index (χ1v) is 9.23. The van der Waals surface area contributed by atoms with Crippen LogP contribution in [0.3, 0.4) is 0 Å². The van der Waals surface area contributed by atoms with Crippen LogP contribution in [-0.2, 0) is 0 Å². The maximum Gasteiger partial charge on any atom is 0.157 e. The molecule has 0 aromatic rings. The lowest BCUT2D eigenvalue weighted by molar-refractivity contribution is 0.293. The van der Waals surface area contributed by atoms with Crippen LogP contribution in [0.5, 0.6) is 0 Å². The molecule has 1 heterocycles. The quantitative estimate of drug-likeness (QED) is 0.705. The summed E-state index contributed by atoms with van der Waals surface area (Å²) in [5, 5.41) is 4.76. The third-order valence-electron chi connectivity index (χ3n) is 3.83. The number of nitrogens with one attached hydrogen (secondary N) is 1. The van der Waals surface area contributed by atoms with Gasteiger partial charge in [0.15, 0.2) is 5.17 Å². The number of aliphatic imine (C=N–C) groups is 1. The summed E-state index contributed by atoms with van der Waals surface area (Å²) in [7, 11) is 0. The van der Waals surface area contributed by atoms with Gasteiger partial charge in [0, 0.05) is 11.8 Å². The fraction of sp³-hybridized carbons (Fsp3) is 0.938. The van der Waals surface area contributed by atoms with Gasteiger partial charge in [-0.3, -0.25) is 4.99 Å². The lowest BCUT2D eigenvalue weighted by atomic mass is 10.1. The van der Waals surface area contributed by atoms with Gasteiger partial charge in [0.1, 0.15) is 0 Å². The minimum Gasteiger partial charge on any atom is -0.362 e. The van der Waals surface area contributed by atoms with Crippen molar-refractivity contribution in [2.45, 2.75) is 66.0 Å². The Morgan fingerprint density at radius 2 is 2.00 bits per heavy atom. The summed E-state index contributed by atoms with van der Waals surface area (Å²) in [4.78, 5) is 7.30. The average Bonchev–Trinajstić information content (AvgIpc) is 2.81. The van der Waals surface area contributed by atoms with Gasteiger partial charge in [0.05, 0.1) is 6.04 Å². The molecule has 118 valence electrons. The Morgan fingerprint density at radius 3 is 2.60 bits per heavy atom. The first-order valence-electron chi connectivity index (χ1n) is 8.24. The minimum atomic E-state index is 0.533. The lowest BCUT2D eigenvalue weighted by Gasteiger charge is -2.20. The fourth-order valence-corrected chi connectivity index (χ4v) is 3.67. The smallest absolute Gasteiger partial charge is 0.157 e. The highest BCUT2D eigenvalue weighted by atomic mass is 32.2. The van der Waals surface area contributed by atoms with Gasteiger partial charge in [-0.15, -0.1) is 0 Å². The summed E-state index contributed by atoms with van der Waals surface area (Å²) < 4.78 is 0. The molecule has 1 rings (SSSR count). The zero-order valence-corrected chi connectivity index (χ0v) is 14.8. The molecule has 2 atom stereocenters. The molecule has 20 heavy (non-hydrogen) atoms. The van der Waals surface area contributed by atoms with Gasteiger partial charge in [0.2, 0.25) is 0 Å². The van der Waals surface area contributed by atoms with Gasteiger partial charge in [0.25, 0.3) is 0 Å². The van der Waals surface area contributed by atoms with Gasteiger partial charge in [-0.05, 0) is 51.7 Å². The molecule has 4 heteroatoms. The molecule has 0 amide bonds. The van der Waals surface area contributed by atoms with E-state index in [-0.39, 0.29) is 0 Å². The van der Waals surface area contributed by atoms with Crippen LogP contribution in [0.15, 0.2) is 4.99 Å². The van der Waals surface area contributed by atoms with Crippen LogP contribution in [0.4, 0.5) is 0 Å². The van der Waals surface area contributed by atoms with Crippen molar-refractivity contribution < 1.29 is 0 Å². The normalized spacial score (nSPS) is 20.6. The van der Waals surface area contributed by atoms with Crippen LogP contribution >= 0.6 is 11.8 Å². The van der Waals surface area contributed by atoms with E-state index in [9.17, 15) is 0 Å². The highest BCUT2D eigenvalue weighted by molar-refractivity contribution is 8.14. The molecular weight excluding hydrogens is 266 g/mol. The van der Waals surface area contributed by atoms with E-state index in [1.807, 2.05) is 11.8 Å². The van der Waals surface area contributed by atoms with Crippen LogP contribution in [-0.4, -0.2) is 47.5 Å². The molecule has 0 aromatic carbocycles. The third kappa shape index (κ3) is 6.98. The van der Waals surface area contributed by atoms with Crippen molar-refractivity contribution in [3.05, 3.63) is 0 Å². The molecule has 0 spiro atoms. The van der Waals surface area contributed by atoms with Crippen LogP contribution in [0.1, 0.15) is 53.9 Å². The lowest BCUT2D eigenvalue weighted by Crippen LogP contribution is -2.31. The van der Waals surface area contributed by atoms with Crippen molar-refractivity contribution in [3.63, 3.8) is 0 Å². The van der Waals surface area contributed by atoms with Gasteiger partial charge in [-0.25, -0.2) is 0 Å². The summed E-state index contributed by atoms with van der Waals surface area (Å²) in [6.07, 6.45) is 3.71. The van der Waals surface area contributed by atoms with E-state index in [1.54, 1.807) is 0 Å². The molecule has 0 saturated carbocycles. The number of thioether (sulfide) groups is 1. The van der Waals surface area contributed by atoms with Crippen molar-refractivity contribution in [1.82, 2.24) is 10.2 Å². The van der Waals surface area contributed by atoms with Crippen molar-refractivity contribution in [2.75, 3.05) is 25.4 Å². The number of hydrogen-bond donors (Lipinski definition) is 1. The first kappa shape index (κ1) is 17.8. The second-order valence-corrected chi connectivity index (χ2v) is 7.25. The van der Waals surface area contributed by atoms with Crippen LogP contribution in [0.2, 0.25) is 0 Å². The zero-order valence-electron chi connectivity index (χ0n) is 14.0. The largest absolute Gasteiger partial charge is 0.362 e. The van der Waals surface area contributed by atoms with Crippen molar-refractivity contribution in [1.29, 1.82) is 0 Å². The second-order valence-electron chi connectivity index (χ2n) is 6.24. The number of amidine groups is 1. The minimum absolute atomic E-state index is 0.533. The Balaban J connectivity index is 2.20. The molecule has 0 aromatic heterocycles. The average molecular weight is 300 g/mol. The topological polar surface area (TPSA) is 27.6 Å². The van der Waals surface area contributed by atoms with E-state index < -0.39 is 0 Å². The molecule has 0 aliphatic carbocycles. The summed E-state index contributed by atoms with van der Waals surface area (Å²) in [6.45, 7) is 14.9. The fourth-order valence-electron chi connectivity index (χ4n) is 2.60. The van der Waals surface area contributed by atoms with E-state index in [0.717, 1.165) is 24.8 Å². The molecule has 1 N–H and O–H groups in total. The third-order valence-corrected chi connectivity index (χ3v) is 4.88. The molecule has 0 bridgehead atoms. The van der Waals surface area contributed by atoms with Gasteiger partial charge in [-0.2, -0.15) is 0 Å². The number of hydrogen-bond acceptors (Lipinski definition) is 4. The Kier molecular flexibility index (Phi) is 8.62. The highest BCUT2D eigenvalue weighted by Gasteiger charge is 2.20. The molecule has 1 aliphatic heterocycles. The maximum absolute atomic E-state index is 4.80. The Hall–Kier alpha value is -0.220. The van der Waals surface area contributed by atoms with E-state index in [2.05, 4.69) is 44.8 Å². The Labute approximate surface area is 130 Å². The predicted octanol–water partition coefficient (Wildman–Crippen LogP) is 3.60. The monoisotopic (exact) mass is 299 g/mol. The van der Waals surface area contributed by atoms with E-state index in [1.165, 1.54) is 31.0 Å². The van der Waals surface area contributed by atoms with E-state index >= 15 is 0 Å². The van der Waals surface area contributed by atoms with Crippen molar-refractivity contribution >= 4 is 16.9 Å². The first-order chi connectivity index (χ1) is 9.55. The molecular formula is C16H33N3S. The second kappa shape index (κ2) is 9.67. The van der Waals surface area contributed by atoms with Gasteiger partial charge >= 0.3 is 0 Å². The van der Waals surface area contributed by atoms with Crippen LogP contribution in [0.25, 0.3) is 0 Å². The van der Waals surface area contributed by atoms with Crippen molar-refractivity contribution in [2.24, 2.45) is 10.9 Å². The highest BCUT2D eigenvalue weighted by Crippen LogP contribution is 2.22. The summed E-state index contributed by atoms with van der Waals surface area (Å²) in [6, 6.07) is 1.07. The molecule has 3 nitrogen and oxygen atoms in total. The van der Waals surface area contributed by atoms with E-state index in [4.69, 9.17) is 4.99 Å². The van der Waals surface area contributed by atoms with Crippen molar-refractivity contribution in [3.8, 4) is 0 Å². The standard InChI is InChI=1S/C16H33N3S/c1-6-19(7-2)10-8-9-14(5)17-16-18-15(12-20-16)11-13(3)4/h13-15H,6-12H2,1-5H3,(H,17,18). The number of rotatable bonds is 9. The van der Waals surface area contributed by atoms with Gasteiger partial charge in [-0.1, -0.05) is 39.5 Å². The summed E-state index contributed by atoms with van der Waals surface area (Å²) >= 11 is 1.90. The Bertz CT molecular complexity index is 287. The predicted molar refractivity (Wildman–Crippen MR) is 92.8 cm³/mol. The zero-order chi connectivity index (χ0) is 15.0. The summed E-state index contributed by atoms with van der Waals surface area (Å²) in [5.74, 6) is 1.90.